The molecule has 232 valence electrons. The Kier molecular flexibility index (Phi) is 6.33. The molecule has 10 rings (SSSR count). The maximum absolute atomic E-state index is 14.1. The van der Waals surface area contributed by atoms with Crippen LogP contribution in [0.2, 0.25) is 10.0 Å². The van der Waals surface area contributed by atoms with Crippen LogP contribution in [0.5, 0.6) is 6.01 Å². The van der Waals surface area contributed by atoms with Gasteiger partial charge in [-0.3, -0.25) is 4.79 Å². The lowest BCUT2D eigenvalue weighted by molar-refractivity contribution is -0.0761. The van der Waals surface area contributed by atoms with Crippen molar-refractivity contribution in [1.29, 1.82) is 0 Å². The van der Waals surface area contributed by atoms with Gasteiger partial charge in [-0.25, -0.2) is 9.55 Å². The molecule has 1 aliphatic heterocycles. The van der Waals surface area contributed by atoms with E-state index in [4.69, 9.17) is 37.9 Å². The van der Waals surface area contributed by atoms with Gasteiger partial charge in [0.1, 0.15) is 5.39 Å². The minimum atomic E-state index is -0.367. The van der Waals surface area contributed by atoms with E-state index in [9.17, 15) is 4.79 Å². The highest BCUT2D eigenvalue weighted by Gasteiger charge is 2.51. The zero-order chi connectivity index (χ0) is 30.5. The number of nitrogens with zero attached hydrogens (tertiary/aromatic N) is 5. The molecule has 2 aromatic carbocycles. The number of fused-ring (bicyclic) bond motifs is 3. The van der Waals surface area contributed by atoms with Crippen LogP contribution in [-0.4, -0.2) is 44.6 Å². The zero-order valence-corrected chi connectivity index (χ0v) is 26.9. The molecule has 0 saturated heterocycles. The molecule has 0 atom stereocenters. The summed E-state index contributed by atoms with van der Waals surface area (Å²) in [6, 6.07) is 11.9. The quantitative estimate of drug-likeness (QED) is 0.236. The molecule has 10 heteroatoms. The average Bonchev–Trinajstić information content (AvgIpc) is 3.75. The van der Waals surface area contributed by atoms with E-state index in [1.165, 1.54) is 73.3 Å². The van der Waals surface area contributed by atoms with Crippen LogP contribution in [0.1, 0.15) is 62.5 Å². The molecule has 0 unspecified atom stereocenters. The van der Waals surface area contributed by atoms with E-state index >= 15 is 0 Å². The van der Waals surface area contributed by atoms with Crippen LogP contribution in [0.25, 0.3) is 16.7 Å². The fourth-order valence-corrected chi connectivity index (χ4v) is 10.2. The molecule has 5 saturated carbocycles. The third-order valence-corrected chi connectivity index (χ3v) is 11.8. The molecule has 45 heavy (non-hydrogen) atoms. The summed E-state index contributed by atoms with van der Waals surface area (Å²) in [7, 11) is 2.19. The summed E-state index contributed by atoms with van der Waals surface area (Å²) in [5.74, 6) is 2.72. The lowest BCUT2D eigenvalue weighted by Gasteiger charge is -2.56. The van der Waals surface area contributed by atoms with E-state index in [1.54, 1.807) is 18.2 Å². The first-order chi connectivity index (χ1) is 21.8. The summed E-state index contributed by atoms with van der Waals surface area (Å²) in [5, 5.41) is 4.31. The Labute approximate surface area is 272 Å². The fraction of sp³-hybridized carbons (Fsp3) is 0.486. The van der Waals surface area contributed by atoms with Gasteiger partial charge in [-0.1, -0.05) is 35.3 Å². The lowest BCUT2D eigenvalue weighted by atomic mass is 9.50. The van der Waals surface area contributed by atoms with Crippen LogP contribution in [0, 0.1) is 23.2 Å². The van der Waals surface area contributed by atoms with Crippen LogP contribution in [0.4, 0.5) is 11.6 Å². The minimum absolute atomic E-state index is 0.120. The molecule has 6 aliphatic rings. The summed E-state index contributed by atoms with van der Waals surface area (Å²) < 4.78 is 7.98. The van der Waals surface area contributed by atoms with Gasteiger partial charge in [0.05, 0.1) is 22.3 Å². The first kappa shape index (κ1) is 28.1. The number of rotatable bonds is 6. The van der Waals surface area contributed by atoms with E-state index < -0.39 is 0 Å². The summed E-state index contributed by atoms with van der Waals surface area (Å²) in [4.78, 5) is 30.6. The van der Waals surface area contributed by atoms with Crippen molar-refractivity contribution in [2.45, 2.75) is 63.3 Å². The Morgan fingerprint density at radius 2 is 1.71 bits per heavy atom. The van der Waals surface area contributed by atoms with Crippen molar-refractivity contribution >= 4 is 45.9 Å². The molecular formula is C35H36Cl2N6O2. The summed E-state index contributed by atoms with van der Waals surface area (Å²) >= 11 is 13.3. The second kappa shape index (κ2) is 10.1. The summed E-state index contributed by atoms with van der Waals surface area (Å²) in [5.41, 5.74) is 4.41. The highest BCUT2D eigenvalue weighted by atomic mass is 35.5. The fourth-order valence-electron chi connectivity index (χ4n) is 9.67. The van der Waals surface area contributed by atoms with Gasteiger partial charge in [0.15, 0.2) is 5.65 Å². The van der Waals surface area contributed by atoms with Crippen molar-refractivity contribution in [2.75, 3.05) is 25.5 Å². The van der Waals surface area contributed by atoms with Crippen molar-refractivity contribution in [3.8, 4) is 11.7 Å². The minimum Gasteiger partial charge on any atom is -0.464 e. The highest BCUT2D eigenvalue weighted by molar-refractivity contribution is 6.37. The maximum Gasteiger partial charge on any atom is 0.306 e. The van der Waals surface area contributed by atoms with Crippen molar-refractivity contribution in [3.05, 3.63) is 74.1 Å². The van der Waals surface area contributed by atoms with E-state index in [-0.39, 0.29) is 28.0 Å². The number of para-hydroxylation sites is 1. The largest absolute Gasteiger partial charge is 0.464 e. The topological polar surface area (TPSA) is 85.2 Å². The van der Waals surface area contributed by atoms with Crippen molar-refractivity contribution in [1.82, 2.24) is 24.4 Å². The molecule has 1 N–H and O–H groups in total. The predicted octanol–water partition coefficient (Wildman–Crippen LogP) is 7.30. The van der Waals surface area contributed by atoms with Gasteiger partial charge in [0.25, 0.3) is 5.56 Å². The molecule has 3 heterocycles. The third-order valence-electron chi connectivity index (χ3n) is 11.2. The second-order valence-electron chi connectivity index (χ2n) is 14.7. The smallest absolute Gasteiger partial charge is 0.306 e. The standard InChI is InChI=1S/C35H36Cl2N6O2/c1-42-17-23-12-24(5-6-26(23)35(18-42)7-8-35)39-32-38-16-25-30(40-32)41-33(43(31(25)44)29-27(36)3-2-4-28(29)37)45-19-34-13-20-9-21(14-34)11-22(10-20)15-34/h2-6,12,16,20-22H,7-11,13-15,17-19H2,1H3,(H,38,39,40). The number of ether oxygens (including phenoxy) is 1. The molecule has 1 spiro atoms. The van der Waals surface area contributed by atoms with E-state index in [0.717, 1.165) is 36.5 Å². The number of nitrogens with one attached hydrogen (secondary N) is 1. The first-order valence-electron chi connectivity index (χ1n) is 16.2. The van der Waals surface area contributed by atoms with Gasteiger partial charge >= 0.3 is 6.01 Å². The lowest BCUT2D eigenvalue weighted by Crippen LogP contribution is -2.49. The van der Waals surface area contributed by atoms with Crippen molar-refractivity contribution in [3.63, 3.8) is 0 Å². The van der Waals surface area contributed by atoms with Gasteiger partial charge in [0.2, 0.25) is 5.95 Å². The predicted molar refractivity (Wildman–Crippen MR) is 176 cm³/mol. The van der Waals surface area contributed by atoms with Crippen LogP contribution < -0.4 is 15.6 Å². The van der Waals surface area contributed by atoms with Crippen LogP contribution in [-0.2, 0) is 12.0 Å². The number of hydrogen-bond acceptors (Lipinski definition) is 7. The third kappa shape index (κ3) is 4.74. The van der Waals surface area contributed by atoms with E-state index in [1.807, 2.05) is 0 Å². The second-order valence-corrected chi connectivity index (χ2v) is 15.5. The SMILES string of the molecule is CN1Cc2cc(Nc3ncc4c(=O)n(-c5c(Cl)cccc5Cl)c(OCC56CC7CC(CC(C7)C5)C6)nc4n3)ccc2C2(CC2)C1. The Hall–Kier alpha value is -3.20. The number of benzene rings is 2. The Balaban J connectivity index is 1.08. The normalized spacial score (nSPS) is 27.6. The summed E-state index contributed by atoms with van der Waals surface area (Å²) in [6.45, 7) is 2.55. The molecule has 8 nitrogen and oxygen atoms in total. The molecule has 0 amide bonds. The van der Waals surface area contributed by atoms with Gasteiger partial charge in [-0.2, -0.15) is 9.97 Å². The zero-order valence-electron chi connectivity index (χ0n) is 25.4. The molecule has 2 aromatic heterocycles. The molecule has 4 aromatic rings. The number of anilines is 2. The molecule has 5 fully saturated rings. The Morgan fingerprint density at radius 1 is 1.00 bits per heavy atom. The van der Waals surface area contributed by atoms with Crippen LogP contribution >= 0.6 is 23.2 Å². The number of likely N-dealkylation sites (N-methyl/N-ethyl adjacent to an activating group) is 1. The van der Waals surface area contributed by atoms with E-state index in [2.05, 4.69) is 40.4 Å². The number of halogens is 2. The molecule has 5 aliphatic carbocycles. The first-order valence-corrected chi connectivity index (χ1v) is 17.0. The molecule has 4 bridgehead atoms. The average molecular weight is 644 g/mol. The Bertz CT molecular complexity index is 1870. The van der Waals surface area contributed by atoms with Crippen LogP contribution in [0.3, 0.4) is 0 Å². The maximum atomic E-state index is 14.1. The monoisotopic (exact) mass is 642 g/mol. The molecular weight excluding hydrogens is 607 g/mol. The molecule has 0 radical (unpaired) electrons. The van der Waals surface area contributed by atoms with Gasteiger partial charge in [-0.05, 0) is 112 Å². The number of hydrogen-bond donors (Lipinski definition) is 1. The number of aromatic nitrogens is 4. The summed E-state index contributed by atoms with van der Waals surface area (Å²) in [6.07, 6.45) is 11.6. The highest BCUT2D eigenvalue weighted by Crippen LogP contribution is 2.60. The van der Waals surface area contributed by atoms with Crippen molar-refractivity contribution in [2.24, 2.45) is 23.2 Å². The van der Waals surface area contributed by atoms with Gasteiger partial charge in [-0.15, -0.1) is 0 Å². The van der Waals surface area contributed by atoms with E-state index in [0.29, 0.717) is 33.7 Å². The van der Waals surface area contributed by atoms with Crippen LogP contribution in [0.15, 0.2) is 47.4 Å². The Morgan fingerprint density at radius 3 is 2.40 bits per heavy atom. The van der Waals surface area contributed by atoms with Crippen molar-refractivity contribution < 1.29 is 4.74 Å². The van der Waals surface area contributed by atoms with Gasteiger partial charge < -0.3 is 15.0 Å². The van der Waals surface area contributed by atoms with Gasteiger partial charge in [0, 0.05) is 35.8 Å².